The number of likely N-dealkylation sites (N-methyl/N-ethyl adjacent to an activating group) is 1. The minimum absolute atomic E-state index is 0.210. The highest BCUT2D eigenvalue weighted by Gasteiger charge is 2.11. The van der Waals surface area contributed by atoms with Crippen LogP contribution in [0.1, 0.15) is 12.0 Å². The number of rotatable bonds is 5. The molecule has 0 unspecified atom stereocenters. The Morgan fingerprint density at radius 1 is 1.22 bits per heavy atom. The smallest absolute Gasteiger partial charge is 0.191 e. The van der Waals surface area contributed by atoms with Crippen molar-refractivity contribution < 1.29 is 4.39 Å². The molecule has 0 aromatic heterocycles. The van der Waals surface area contributed by atoms with Gasteiger partial charge in [0.2, 0.25) is 0 Å². The maximum atomic E-state index is 13.2. The summed E-state index contributed by atoms with van der Waals surface area (Å²) in [6.45, 7) is 7.01. The third-order valence-corrected chi connectivity index (χ3v) is 4.11. The van der Waals surface area contributed by atoms with Gasteiger partial charge >= 0.3 is 0 Å². The number of guanidine groups is 1. The van der Waals surface area contributed by atoms with Gasteiger partial charge in [-0.15, -0.1) is 0 Å². The van der Waals surface area contributed by atoms with Gasteiger partial charge in [-0.05, 0) is 44.3 Å². The van der Waals surface area contributed by atoms with E-state index in [1.54, 1.807) is 13.1 Å². The van der Waals surface area contributed by atoms with Crippen molar-refractivity contribution in [2.75, 3.05) is 53.4 Å². The average molecular weight is 321 g/mol. The topological polar surface area (TPSA) is 42.9 Å². The Morgan fingerprint density at radius 2 is 2.09 bits per heavy atom. The van der Waals surface area contributed by atoms with Crippen molar-refractivity contribution in [3.63, 3.8) is 0 Å². The zero-order valence-electron chi connectivity index (χ0n) is 14.2. The Hall–Kier alpha value is -1.66. The van der Waals surface area contributed by atoms with Crippen LogP contribution in [0, 0.1) is 5.82 Å². The van der Waals surface area contributed by atoms with E-state index in [-0.39, 0.29) is 5.82 Å². The van der Waals surface area contributed by atoms with E-state index in [9.17, 15) is 4.39 Å². The summed E-state index contributed by atoms with van der Waals surface area (Å²) in [7, 11) is 3.93. The monoisotopic (exact) mass is 321 g/mol. The van der Waals surface area contributed by atoms with E-state index >= 15 is 0 Å². The number of nitrogens with one attached hydrogen (secondary N) is 2. The van der Waals surface area contributed by atoms with Crippen LogP contribution in [0.15, 0.2) is 29.3 Å². The minimum atomic E-state index is -0.210. The van der Waals surface area contributed by atoms with E-state index in [0.29, 0.717) is 6.54 Å². The summed E-state index contributed by atoms with van der Waals surface area (Å²) in [6, 6.07) is 6.61. The van der Waals surface area contributed by atoms with Crippen LogP contribution in [0.2, 0.25) is 0 Å². The third kappa shape index (κ3) is 6.54. The first-order valence-electron chi connectivity index (χ1n) is 8.27. The molecule has 0 atom stereocenters. The standard InChI is InChI=1S/C17H28FN5/c1-19-17(21-14-15-5-3-6-16(18)13-15)20-7-10-23-9-4-8-22(2)11-12-23/h3,5-6,13H,4,7-12,14H2,1-2H3,(H2,19,20,21). The molecule has 2 N–H and O–H groups in total. The summed E-state index contributed by atoms with van der Waals surface area (Å²) in [6.07, 6.45) is 1.23. The number of halogens is 1. The summed E-state index contributed by atoms with van der Waals surface area (Å²) in [4.78, 5) is 9.08. The molecule has 0 spiro atoms. The number of benzene rings is 1. The van der Waals surface area contributed by atoms with Gasteiger partial charge < -0.3 is 20.4 Å². The molecule has 128 valence electrons. The van der Waals surface area contributed by atoms with Crippen LogP contribution < -0.4 is 10.6 Å². The molecular weight excluding hydrogens is 293 g/mol. The maximum Gasteiger partial charge on any atom is 0.191 e. The highest BCUT2D eigenvalue weighted by atomic mass is 19.1. The summed E-state index contributed by atoms with van der Waals surface area (Å²) in [5, 5.41) is 6.54. The Bertz CT molecular complexity index is 506. The Balaban J connectivity index is 1.68. The molecule has 1 aliphatic heterocycles. The molecule has 0 aliphatic carbocycles. The fourth-order valence-electron chi connectivity index (χ4n) is 2.71. The predicted molar refractivity (Wildman–Crippen MR) is 93.2 cm³/mol. The van der Waals surface area contributed by atoms with Gasteiger partial charge in [-0.1, -0.05) is 12.1 Å². The van der Waals surface area contributed by atoms with E-state index in [1.165, 1.54) is 25.1 Å². The minimum Gasteiger partial charge on any atom is -0.355 e. The first-order chi connectivity index (χ1) is 11.2. The van der Waals surface area contributed by atoms with Crippen molar-refractivity contribution in [2.45, 2.75) is 13.0 Å². The van der Waals surface area contributed by atoms with Crippen LogP contribution in [-0.2, 0) is 6.54 Å². The molecule has 0 amide bonds. The lowest BCUT2D eigenvalue weighted by Crippen LogP contribution is -2.42. The van der Waals surface area contributed by atoms with E-state index in [4.69, 9.17) is 0 Å². The quantitative estimate of drug-likeness (QED) is 0.630. The fourth-order valence-corrected chi connectivity index (χ4v) is 2.71. The molecule has 0 saturated carbocycles. The Morgan fingerprint density at radius 3 is 2.87 bits per heavy atom. The van der Waals surface area contributed by atoms with Crippen molar-refractivity contribution in [1.29, 1.82) is 0 Å². The molecule has 1 saturated heterocycles. The molecule has 0 radical (unpaired) electrons. The zero-order chi connectivity index (χ0) is 16.5. The second kappa shape index (κ2) is 9.47. The molecular formula is C17H28FN5. The Kier molecular flexibility index (Phi) is 7.29. The van der Waals surface area contributed by atoms with Crippen LogP contribution in [0.5, 0.6) is 0 Å². The van der Waals surface area contributed by atoms with Crippen molar-refractivity contribution in [2.24, 2.45) is 4.99 Å². The van der Waals surface area contributed by atoms with Crippen LogP contribution in [0.3, 0.4) is 0 Å². The van der Waals surface area contributed by atoms with Gasteiger partial charge in [0, 0.05) is 39.8 Å². The summed E-state index contributed by atoms with van der Waals surface area (Å²) in [5.74, 6) is 0.541. The first-order valence-corrected chi connectivity index (χ1v) is 8.27. The molecule has 1 aromatic rings. The van der Waals surface area contributed by atoms with Gasteiger partial charge in [0.05, 0.1) is 0 Å². The molecule has 2 rings (SSSR count). The van der Waals surface area contributed by atoms with Gasteiger partial charge in [-0.2, -0.15) is 0 Å². The van der Waals surface area contributed by atoms with Crippen molar-refractivity contribution >= 4 is 5.96 Å². The second-order valence-corrected chi connectivity index (χ2v) is 5.98. The molecule has 5 nitrogen and oxygen atoms in total. The predicted octanol–water partition coefficient (Wildman–Crippen LogP) is 1.13. The lowest BCUT2D eigenvalue weighted by Gasteiger charge is -2.21. The normalized spacial score (nSPS) is 17.8. The van der Waals surface area contributed by atoms with Gasteiger partial charge in [0.1, 0.15) is 5.82 Å². The lowest BCUT2D eigenvalue weighted by molar-refractivity contribution is 0.280. The van der Waals surface area contributed by atoms with E-state index in [1.807, 2.05) is 6.07 Å². The van der Waals surface area contributed by atoms with Crippen molar-refractivity contribution in [3.8, 4) is 0 Å². The molecule has 1 aliphatic rings. The number of nitrogens with zero attached hydrogens (tertiary/aromatic N) is 3. The number of hydrogen-bond donors (Lipinski definition) is 2. The number of aliphatic imine (C=N–C) groups is 1. The van der Waals surface area contributed by atoms with Crippen LogP contribution in [-0.4, -0.2) is 69.1 Å². The largest absolute Gasteiger partial charge is 0.355 e. The summed E-state index contributed by atoms with van der Waals surface area (Å²) < 4.78 is 13.2. The van der Waals surface area contributed by atoms with Crippen molar-refractivity contribution in [1.82, 2.24) is 20.4 Å². The number of hydrogen-bond acceptors (Lipinski definition) is 3. The summed E-state index contributed by atoms with van der Waals surface area (Å²) in [5.41, 5.74) is 0.906. The van der Waals surface area contributed by atoms with Gasteiger partial charge in [-0.3, -0.25) is 4.99 Å². The van der Waals surface area contributed by atoms with Crippen molar-refractivity contribution in [3.05, 3.63) is 35.6 Å². The van der Waals surface area contributed by atoms with Crippen LogP contribution >= 0.6 is 0 Å². The van der Waals surface area contributed by atoms with Gasteiger partial charge in [-0.25, -0.2) is 4.39 Å². The van der Waals surface area contributed by atoms with Crippen LogP contribution in [0.25, 0.3) is 0 Å². The van der Waals surface area contributed by atoms with E-state index in [2.05, 4.69) is 32.5 Å². The van der Waals surface area contributed by atoms with E-state index in [0.717, 1.165) is 44.2 Å². The first kappa shape index (κ1) is 17.7. The molecule has 6 heteroatoms. The SMILES string of the molecule is CN=C(NCCN1CCCN(C)CC1)NCc1cccc(F)c1. The molecule has 0 bridgehead atoms. The Labute approximate surface area is 138 Å². The van der Waals surface area contributed by atoms with E-state index < -0.39 is 0 Å². The van der Waals surface area contributed by atoms with Gasteiger partial charge in [0.25, 0.3) is 0 Å². The van der Waals surface area contributed by atoms with Crippen LogP contribution in [0.4, 0.5) is 4.39 Å². The highest BCUT2D eigenvalue weighted by molar-refractivity contribution is 5.79. The molecule has 1 aromatic carbocycles. The maximum absolute atomic E-state index is 13.2. The summed E-state index contributed by atoms with van der Waals surface area (Å²) >= 11 is 0. The fraction of sp³-hybridized carbons (Fsp3) is 0.588. The zero-order valence-corrected chi connectivity index (χ0v) is 14.2. The highest BCUT2D eigenvalue weighted by Crippen LogP contribution is 2.02. The molecule has 1 fully saturated rings. The average Bonchev–Trinajstić information content (AvgIpc) is 2.75. The lowest BCUT2D eigenvalue weighted by atomic mass is 10.2. The molecule has 1 heterocycles. The van der Waals surface area contributed by atoms with Gasteiger partial charge in [0.15, 0.2) is 5.96 Å². The molecule has 23 heavy (non-hydrogen) atoms. The second-order valence-electron chi connectivity index (χ2n) is 5.98. The third-order valence-electron chi connectivity index (χ3n) is 4.11.